The number of hydrogen-bond acceptors (Lipinski definition) is 7. The summed E-state index contributed by atoms with van der Waals surface area (Å²) in [6, 6.07) is 16.5. The quantitative estimate of drug-likeness (QED) is 0.199. The zero-order valence-corrected chi connectivity index (χ0v) is 26.9. The van der Waals surface area contributed by atoms with Gasteiger partial charge in [-0.1, -0.05) is 50.1 Å². The molecule has 11 nitrogen and oxygen atoms in total. The Morgan fingerprint density at radius 1 is 1.02 bits per heavy atom. The first kappa shape index (κ1) is 33.4. The largest absolute Gasteiger partial charge is 0.497 e. The van der Waals surface area contributed by atoms with Gasteiger partial charge in [-0.25, -0.2) is 8.42 Å². The van der Waals surface area contributed by atoms with Crippen molar-refractivity contribution in [2.24, 2.45) is 0 Å². The van der Waals surface area contributed by atoms with Crippen LogP contribution >= 0.6 is 0 Å². The van der Waals surface area contributed by atoms with E-state index in [1.807, 2.05) is 38.1 Å². The summed E-state index contributed by atoms with van der Waals surface area (Å²) in [5.74, 6) is -0.392. The highest BCUT2D eigenvalue weighted by Crippen LogP contribution is 2.30. The number of ether oxygens (including phenoxy) is 1. The van der Waals surface area contributed by atoms with Crippen LogP contribution in [-0.2, 0) is 26.2 Å². The molecule has 1 unspecified atom stereocenters. The second kappa shape index (κ2) is 14.6. The Morgan fingerprint density at radius 2 is 1.69 bits per heavy atom. The Bertz CT molecular complexity index is 1640. The van der Waals surface area contributed by atoms with Crippen molar-refractivity contribution in [3.05, 3.63) is 93.5 Å². The van der Waals surface area contributed by atoms with E-state index in [-0.39, 0.29) is 34.8 Å². The highest BCUT2D eigenvalue weighted by molar-refractivity contribution is 7.92. The van der Waals surface area contributed by atoms with Gasteiger partial charge in [0.2, 0.25) is 11.8 Å². The highest BCUT2D eigenvalue weighted by Gasteiger charge is 2.35. The van der Waals surface area contributed by atoms with E-state index in [0.29, 0.717) is 17.7 Å². The minimum absolute atomic E-state index is 0.0375. The summed E-state index contributed by atoms with van der Waals surface area (Å²) < 4.78 is 34.5. The van der Waals surface area contributed by atoms with E-state index in [1.54, 1.807) is 12.1 Å². The van der Waals surface area contributed by atoms with Gasteiger partial charge in [0.15, 0.2) is 0 Å². The number of methoxy groups -OCH3 is 1. The van der Waals surface area contributed by atoms with Gasteiger partial charge in [0, 0.05) is 24.2 Å². The summed E-state index contributed by atoms with van der Waals surface area (Å²) in [7, 11) is -3.01. The van der Waals surface area contributed by atoms with E-state index >= 15 is 0 Å². The van der Waals surface area contributed by atoms with Crippen LogP contribution in [0.1, 0.15) is 55.7 Å². The molecule has 0 saturated heterocycles. The van der Waals surface area contributed by atoms with Gasteiger partial charge in [0.25, 0.3) is 15.7 Å². The SMILES string of the molecule is CCC(C(=O)NC1CCCC1)N(Cc1ccccc1C)C(=O)CN(c1ccc(OC)cc1)S(=O)(=O)c1ccc(C)c([N+](=O)[O-])c1. The standard InChI is InChI=1S/C33H40N4O7S/c1-5-30(33(39)34-26-12-8-9-13-26)35(21-25-11-7-6-10-23(25)2)32(38)22-36(27-15-17-28(44-4)18-16-27)45(42,43)29-19-14-24(3)31(20-29)37(40)41/h6-7,10-11,14-20,26,30H,5,8-9,12-13,21-22H2,1-4H3,(H,34,39). The number of aryl methyl sites for hydroxylation is 2. The van der Waals surface area contributed by atoms with E-state index < -0.39 is 33.4 Å². The monoisotopic (exact) mass is 636 g/mol. The summed E-state index contributed by atoms with van der Waals surface area (Å²) in [6.07, 6.45) is 4.12. The Kier molecular flexibility index (Phi) is 10.8. The molecule has 0 bridgehead atoms. The number of nitro groups is 1. The molecule has 1 atom stereocenters. The van der Waals surface area contributed by atoms with Gasteiger partial charge in [-0.2, -0.15) is 0 Å². The molecule has 1 N–H and O–H groups in total. The van der Waals surface area contributed by atoms with Crippen molar-refractivity contribution < 1.29 is 27.7 Å². The number of amides is 2. The summed E-state index contributed by atoms with van der Waals surface area (Å²) >= 11 is 0. The number of nitro benzene ring substituents is 1. The number of carbonyl (C=O) groups excluding carboxylic acids is 2. The normalized spacial score (nSPS) is 14.0. The molecule has 2 amide bonds. The average molecular weight is 637 g/mol. The molecule has 45 heavy (non-hydrogen) atoms. The van der Waals surface area contributed by atoms with E-state index in [1.165, 1.54) is 43.2 Å². The lowest BCUT2D eigenvalue weighted by Gasteiger charge is -2.34. The van der Waals surface area contributed by atoms with Crippen molar-refractivity contribution in [2.45, 2.75) is 76.4 Å². The smallest absolute Gasteiger partial charge is 0.273 e. The third-order valence-corrected chi connectivity index (χ3v) is 10.1. The molecular formula is C33H40N4O7S. The first-order chi connectivity index (χ1) is 21.5. The fourth-order valence-corrected chi connectivity index (χ4v) is 7.04. The molecule has 0 aliphatic heterocycles. The van der Waals surface area contributed by atoms with Crippen molar-refractivity contribution in [3.63, 3.8) is 0 Å². The number of anilines is 1. The Hall–Kier alpha value is -4.45. The number of rotatable bonds is 13. The van der Waals surface area contributed by atoms with Gasteiger partial charge in [-0.05, 0) is 74.6 Å². The summed E-state index contributed by atoms with van der Waals surface area (Å²) in [5.41, 5.74) is 1.85. The van der Waals surface area contributed by atoms with E-state index in [9.17, 15) is 28.1 Å². The van der Waals surface area contributed by atoms with Gasteiger partial charge in [-0.15, -0.1) is 0 Å². The predicted octanol–water partition coefficient (Wildman–Crippen LogP) is 5.28. The van der Waals surface area contributed by atoms with Crippen molar-refractivity contribution >= 4 is 33.2 Å². The molecule has 1 saturated carbocycles. The van der Waals surface area contributed by atoms with Crippen LogP contribution in [0.2, 0.25) is 0 Å². The number of hydrogen-bond donors (Lipinski definition) is 1. The van der Waals surface area contributed by atoms with Crippen LogP contribution in [0.15, 0.2) is 71.6 Å². The van der Waals surface area contributed by atoms with Crippen LogP contribution < -0.4 is 14.4 Å². The molecule has 0 radical (unpaired) electrons. The second-order valence-corrected chi connectivity index (χ2v) is 13.1. The zero-order chi connectivity index (χ0) is 32.7. The van der Waals surface area contributed by atoms with Gasteiger partial charge >= 0.3 is 0 Å². The van der Waals surface area contributed by atoms with E-state index in [2.05, 4.69) is 5.32 Å². The maximum Gasteiger partial charge on any atom is 0.273 e. The topological polar surface area (TPSA) is 139 Å². The number of carbonyl (C=O) groups is 2. The van der Waals surface area contributed by atoms with Crippen LogP contribution in [0, 0.1) is 24.0 Å². The Labute approximate surface area is 264 Å². The van der Waals surface area contributed by atoms with Crippen LogP contribution in [0.5, 0.6) is 5.75 Å². The van der Waals surface area contributed by atoms with E-state index in [0.717, 1.165) is 47.2 Å². The van der Waals surface area contributed by atoms with Crippen LogP contribution in [0.25, 0.3) is 0 Å². The number of nitrogens with zero attached hydrogens (tertiary/aromatic N) is 3. The highest BCUT2D eigenvalue weighted by atomic mass is 32.2. The molecule has 0 aromatic heterocycles. The molecule has 3 aromatic carbocycles. The van der Waals surface area contributed by atoms with Gasteiger partial charge < -0.3 is 15.0 Å². The van der Waals surface area contributed by atoms with Crippen LogP contribution in [0.3, 0.4) is 0 Å². The molecule has 1 aliphatic rings. The zero-order valence-electron chi connectivity index (χ0n) is 26.1. The maximum absolute atomic E-state index is 14.3. The molecule has 4 rings (SSSR count). The van der Waals surface area contributed by atoms with Crippen molar-refractivity contribution in [1.29, 1.82) is 0 Å². The van der Waals surface area contributed by atoms with E-state index in [4.69, 9.17) is 4.74 Å². The van der Waals surface area contributed by atoms with Gasteiger partial charge in [0.1, 0.15) is 18.3 Å². The lowest BCUT2D eigenvalue weighted by molar-refractivity contribution is -0.385. The Balaban J connectivity index is 1.77. The number of nitrogens with one attached hydrogen (secondary N) is 1. The van der Waals surface area contributed by atoms with Crippen molar-refractivity contribution in [2.75, 3.05) is 18.0 Å². The number of sulfonamides is 1. The lowest BCUT2D eigenvalue weighted by Crippen LogP contribution is -2.53. The fourth-order valence-electron chi connectivity index (χ4n) is 5.61. The molecule has 240 valence electrons. The first-order valence-electron chi connectivity index (χ1n) is 15.0. The minimum Gasteiger partial charge on any atom is -0.497 e. The first-order valence-corrected chi connectivity index (χ1v) is 16.5. The van der Waals surface area contributed by atoms with Gasteiger partial charge in [0.05, 0.1) is 22.6 Å². The summed E-state index contributed by atoms with van der Waals surface area (Å²) in [6.45, 7) is 4.70. The van der Waals surface area contributed by atoms with Crippen molar-refractivity contribution in [3.8, 4) is 5.75 Å². The minimum atomic E-state index is -4.49. The summed E-state index contributed by atoms with van der Waals surface area (Å²) in [5, 5.41) is 14.8. The molecule has 3 aromatic rings. The lowest BCUT2D eigenvalue weighted by atomic mass is 10.1. The average Bonchev–Trinajstić information content (AvgIpc) is 3.53. The summed E-state index contributed by atoms with van der Waals surface area (Å²) in [4.78, 5) is 40.1. The third kappa shape index (κ3) is 7.80. The van der Waals surface area contributed by atoms with Crippen molar-refractivity contribution in [1.82, 2.24) is 10.2 Å². The molecule has 1 aliphatic carbocycles. The predicted molar refractivity (Wildman–Crippen MR) is 172 cm³/mol. The molecule has 1 fully saturated rings. The molecule has 12 heteroatoms. The van der Waals surface area contributed by atoms with Gasteiger partial charge in [-0.3, -0.25) is 24.0 Å². The maximum atomic E-state index is 14.3. The molecule has 0 heterocycles. The molecular weight excluding hydrogens is 596 g/mol. The van der Waals surface area contributed by atoms with Crippen LogP contribution in [0.4, 0.5) is 11.4 Å². The number of benzene rings is 3. The third-order valence-electron chi connectivity index (χ3n) is 8.29. The Morgan fingerprint density at radius 3 is 2.29 bits per heavy atom. The molecule has 0 spiro atoms. The fraction of sp³-hybridized carbons (Fsp3) is 0.394. The van der Waals surface area contributed by atoms with Crippen LogP contribution in [-0.4, -0.2) is 55.8 Å². The second-order valence-electron chi connectivity index (χ2n) is 11.3.